The highest BCUT2D eigenvalue weighted by atomic mass is 31.2. The van der Waals surface area contributed by atoms with Crippen LogP contribution in [-0.4, -0.2) is 36.0 Å². The van der Waals surface area contributed by atoms with Gasteiger partial charge in [-0.25, -0.2) is 0 Å². The van der Waals surface area contributed by atoms with Crippen LogP contribution in [0.5, 0.6) is 0 Å². The van der Waals surface area contributed by atoms with Gasteiger partial charge in [-0.2, -0.15) is 0 Å². The van der Waals surface area contributed by atoms with E-state index < -0.39 is 12.3 Å². The van der Waals surface area contributed by atoms with E-state index in [-0.39, 0.29) is 5.85 Å². The van der Waals surface area contributed by atoms with Crippen LogP contribution in [0.25, 0.3) is 0 Å². The maximum atomic E-state index is 8.94. The molecule has 0 aromatic rings. The monoisotopic (exact) mass is 183 g/mol. The lowest BCUT2D eigenvalue weighted by Gasteiger charge is -2.13. The van der Waals surface area contributed by atoms with Crippen LogP contribution in [0.2, 0.25) is 0 Å². The van der Waals surface area contributed by atoms with E-state index in [2.05, 4.69) is 20.0 Å². The molecule has 1 N–H and O–H groups in total. The van der Waals surface area contributed by atoms with Crippen LogP contribution < -0.4 is 0 Å². The summed E-state index contributed by atoms with van der Waals surface area (Å²) < 4.78 is 0. The molecule has 0 rings (SSSR count). The van der Waals surface area contributed by atoms with Crippen molar-refractivity contribution in [3.8, 4) is 0 Å². The van der Waals surface area contributed by atoms with Crippen LogP contribution in [0.1, 0.15) is 6.92 Å². The Balaban J connectivity index is 0. The summed E-state index contributed by atoms with van der Waals surface area (Å²) in [5, 5.41) is 23.7. The molecule has 0 aromatic heterocycles. The molecule has 1 atom stereocenters. The maximum absolute atomic E-state index is 8.94. The van der Waals surface area contributed by atoms with Crippen LogP contribution in [0, 0.1) is 15.3 Å². The molecule has 11 heavy (non-hydrogen) atoms. The topological polar surface area (TPSA) is 86.4 Å². The molecule has 0 aliphatic carbocycles. The van der Waals surface area contributed by atoms with Gasteiger partial charge in [0.1, 0.15) is 0 Å². The lowest BCUT2D eigenvalue weighted by Crippen LogP contribution is -2.03. The van der Waals surface area contributed by atoms with Gasteiger partial charge in [0.15, 0.2) is 5.85 Å². The lowest BCUT2D eigenvalue weighted by atomic mass is 10.9. The SMILES string of the molecule is CC(O)[P+](C)(C)C.O=[N+]([O-])[O-]. The lowest BCUT2D eigenvalue weighted by molar-refractivity contribution is -0.402. The van der Waals surface area contributed by atoms with Gasteiger partial charge in [-0.3, -0.25) is 0 Å². The molecule has 68 valence electrons. The van der Waals surface area contributed by atoms with Crippen LogP contribution in [0.3, 0.4) is 0 Å². The highest BCUT2D eigenvalue weighted by Crippen LogP contribution is 2.50. The van der Waals surface area contributed by atoms with Crippen molar-refractivity contribution in [3.63, 3.8) is 0 Å². The van der Waals surface area contributed by atoms with Gasteiger partial charge >= 0.3 is 0 Å². The minimum Gasteiger partial charge on any atom is -0.360 e. The molecule has 0 spiro atoms. The first-order chi connectivity index (χ1) is 4.68. The van der Waals surface area contributed by atoms with Gasteiger partial charge in [-0.05, 0) is 6.92 Å². The average Bonchev–Trinajstić information content (AvgIpc) is 1.59. The van der Waals surface area contributed by atoms with E-state index in [0.29, 0.717) is 0 Å². The normalized spacial score (nSPS) is 12.8. The number of hydrogen-bond donors (Lipinski definition) is 1. The number of aliphatic hydroxyl groups is 1. The average molecular weight is 183 g/mol. The van der Waals surface area contributed by atoms with Crippen molar-refractivity contribution in [1.82, 2.24) is 0 Å². The Hall–Kier alpha value is -0.410. The summed E-state index contributed by atoms with van der Waals surface area (Å²) in [7, 11) is -0.932. The van der Waals surface area contributed by atoms with E-state index >= 15 is 0 Å². The van der Waals surface area contributed by atoms with E-state index in [1.807, 2.05) is 6.92 Å². The number of rotatable bonds is 1. The van der Waals surface area contributed by atoms with Gasteiger partial charge in [0.05, 0.1) is 25.1 Å². The Morgan fingerprint density at radius 3 is 1.45 bits per heavy atom. The molecular weight excluding hydrogens is 169 g/mol. The summed E-state index contributed by atoms with van der Waals surface area (Å²) in [6, 6.07) is 0. The van der Waals surface area contributed by atoms with E-state index in [9.17, 15) is 0 Å². The minimum absolute atomic E-state index is 0.0903. The first kappa shape index (κ1) is 13.2. The molecule has 0 fully saturated rings. The summed E-state index contributed by atoms with van der Waals surface area (Å²) in [4.78, 5) is 8.25. The molecule has 0 bridgehead atoms. The first-order valence-corrected chi connectivity index (χ1v) is 6.18. The van der Waals surface area contributed by atoms with Crippen molar-refractivity contribution < 1.29 is 10.2 Å². The van der Waals surface area contributed by atoms with Gasteiger partial charge in [0.25, 0.3) is 0 Å². The highest BCUT2D eigenvalue weighted by molar-refractivity contribution is 7.74. The molecule has 0 saturated carbocycles. The molecule has 6 heteroatoms. The molecule has 5 nitrogen and oxygen atoms in total. The maximum Gasteiger partial charge on any atom is 0.160 e. The second-order valence-electron chi connectivity index (χ2n) is 2.97. The molecule has 0 amide bonds. The standard InChI is InChI=1S/C5H14OP.NO3/c1-5(6)7(2,3)4;2-1(3)4/h5-6H,1-4H3;/q+1;-1. The molecule has 1 unspecified atom stereocenters. The molecule has 0 aromatic carbocycles. The van der Waals surface area contributed by atoms with Gasteiger partial charge in [0.2, 0.25) is 0 Å². The van der Waals surface area contributed by atoms with E-state index in [4.69, 9.17) is 20.4 Å². The third-order valence-electron chi connectivity index (χ3n) is 1.12. The Morgan fingerprint density at radius 1 is 1.36 bits per heavy atom. The Kier molecular flexibility index (Phi) is 6.32. The second kappa shape index (κ2) is 5.27. The van der Waals surface area contributed by atoms with Gasteiger partial charge in [-0.15, -0.1) is 0 Å². The summed E-state index contributed by atoms with van der Waals surface area (Å²) >= 11 is 0. The predicted octanol–water partition coefficient (Wildman–Crippen LogP) is 0.993. The van der Waals surface area contributed by atoms with Crippen molar-refractivity contribution in [1.29, 1.82) is 0 Å². The summed E-state index contributed by atoms with van der Waals surface area (Å²) in [6.45, 7) is 8.22. The second-order valence-corrected chi connectivity index (χ2v) is 7.95. The molecule has 0 aliphatic heterocycles. The fourth-order valence-electron chi connectivity index (χ4n) is 0. The fraction of sp³-hybridized carbons (Fsp3) is 1.00. The third kappa shape index (κ3) is 17.7. The first-order valence-electron chi connectivity index (χ1n) is 2.98. The smallest absolute Gasteiger partial charge is 0.160 e. The van der Waals surface area contributed by atoms with Crippen molar-refractivity contribution >= 4 is 7.26 Å². The predicted molar refractivity (Wildman–Crippen MR) is 46.7 cm³/mol. The quantitative estimate of drug-likeness (QED) is 0.373. The van der Waals surface area contributed by atoms with Crippen molar-refractivity contribution in [3.05, 3.63) is 15.3 Å². The van der Waals surface area contributed by atoms with E-state index in [1.54, 1.807) is 0 Å². The van der Waals surface area contributed by atoms with Gasteiger partial charge in [-0.1, -0.05) is 0 Å². The number of hydrogen-bond acceptors (Lipinski definition) is 4. The summed E-state index contributed by atoms with van der Waals surface area (Å²) in [5.74, 6) is -0.0903. The fourth-order valence-corrected chi connectivity index (χ4v) is 0. The van der Waals surface area contributed by atoms with Gasteiger partial charge < -0.3 is 20.4 Å². The molecule has 0 heterocycles. The van der Waals surface area contributed by atoms with E-state index in [0.717, 1.165) is 0 Å². The van der Waals surface area contributed by atoms with Crippen molar-refractivity contribution in [2.45, 2.75) is 12.8 Å². The zero-order chi connectivity index (χ0) is 9.65. The van der Waals surface area contributed by atoms with Crippen LogP contribution in [-0.2, 0) is 0 Å². The van der Waals surface area contributed by atoms with Gasteiger partial charge in [0, 0.05) is 7.26 Å². The number of nitrogens with zero attached hydrogens (tertiary/aromatic N) is 1. The van der Waals surface area contributed by atoms with Crippen molar-refractivity contribution in [2.24, 2.45) is 0 Å². The zero-order valence-electron chi connectivity index (χ0n) is 7.14. The molecule has 0 saturated heterocycles. The minimum atomic E-state index is -1.75. The van der Waals surface area contributed by atoms with Crippen molar-refractivity contribution in [2.75, 3.05) is 20.0 Å². The van der Waals surface area contributed by atoms with E-state index in [1.165, 1.54) is 0 Å². The highest BCUT2D eigenvalue weighted by Gasteiger charge is 2.23. The summed E-state index contributed by atoms with van der Waals surface area (Å²) in [5.41, 5.74) is 0. The van der Waals surface area contributed by atoms with Crippen LogP contribution in [0.4, 0.5) is 0 Å². The number of aliphatic hydroxyl groups excluding tert-OH is 1. The Morgan fingerprint density at radius 2 is 1.45 bits per heavy atom. The zero-order valence-corrected chi connectivity index (χ0v) is 8.04. The Bertz CT molecular complexity index is 116. The summed E-state index contributed by atoms with van der Waals surface area (Å²) in [6.07, 6.45) is 0. The largest absolute Gasteiger partial charge is 0.360 e. The third-order valence-corrected chi connectivity index (χ3v) is 3.36. The molecule has 0 aliphatic rings. The molecular formula is C5H14NO4P. The van der Waals surface area contributed by atoms with Crippen LogP contribution in [0.15, 0.2) is 0 Å². The Labute approximate surface area is 66.5 Å². The van der Waals surface area contributed by atoms with Crippen LogP contribution >= 0.6 is 7.26 Å². The molecule has 0 radical (unpaired) electrons.